The summed E-state index contributed by atoms with van der Waals surface area (Å²) in [6.07, 6.45) is 9.11. The molecule has 94 valence electrons. The van der Waals surface area contributed by atoms with Gasteiger partial charge in [0.05, 0.1) is 0 Å². The van der Waals surface area contributed by atoms with Gasteiger partial charge in [-0.25, -0.2) is 4.98 Å². The largest absolute Gasteiger partial charge is 0.328 e. The zero-order valence-corrected chi connectivity index (χ0v) is 12.3. The van der Waals surface area contributed by atoms with E-state index in [4.69, 9.17) is 11.6 Å². The first-order chi connectivity index (χ1) is 8.74. The van der Waals surface area contributed by atoms with E-state index in [1.54, 1.807) is 0 Å². The van der Waals surface area contributed by atoms with Gasteiger partial charge in [-0.3, -0.25) is 0 Å². The first-order valence-corrected chi connectivity index (χ1v) is 7.40. The molecule has 3 rings (SSSR count). The molecule has 1 aliphatic carbocycles. The Bertz CT molecular complexity index is 538. The van der Waals surface area contributed by atoms with Gasteiger partial charge in [-0.05, 0) is 31.0 Å². The van der Waals surface area contributed by atoms with Crippen molar-refractivity contribution < 1.29 is 0 Å². The van der Waals surface area contributed by atoms with Crippen LogP contribution < -0.4 is 0 Å². The molecule has 0 atom stereocenters. The maximum Gasteiger partial charge on any atom is 0.140 e. The average Bonchev–Trinajstić information content (AvgIpc) is 2.98. The van der Waals surface area contributed by atoms with Crippen LogP contribution in [0.15, 0.2) is 35.1 Å². The van der Waals surface area contributed by atoms with Gasteiger partial charge < -0.3 is 4.57 Å². The van der Waals surface area contributed by atoms with Gasteiger partial charge in [-0.1, -0.05) is 40.4 Å². The van der Waals surface area contributed by atoms with Gasteiger partial charge in [0.2, 0.25) is 0 Å². The highest BCUT2D eigenvalue weighted by atomic mass is 79.9. The van der Waals surface area contributed by atoms with E-state index in [0.29, 0.717) is 6.04 Å². The number of benzene rings is 1. The number of aromatic nitrogens is 2. The molecule has 4 heteroatoms. The summed E-state index contributed by atoms with van der Waals surface area (Å²) in [7, 11) is 0. The molecule has 18 heavy (non-hydrogen) atoms. The van der Waals surface area contributed by atoms with E-state index in [1.165, 1.54) is 25.7 Å². The summed E-state index contributed by atoms with van der Waals surface area (Å²) in [6, 6.07) is 6.54. The van der Waals surface area contributed by atoms with Crippen LogP contribution in [0.2, 0.25) is 5.02 Å². The van der Waals surface area contributed by atoms with Crippen molar-refractivity contribution in [2.45, 2.75) is 31.7 Å². The molecule has 0 amide bonds. The molecule has 0 spiro atoms. The molecule has 2 aromatic rings. The van der Waals surface area contributed by atoms with Crippen LogP contribution in [0.5, 0.6) is 0 Å². The quantitative estimate of drug-likeness (QED) is 0.752. The standard InChI is InChI=1S/C14H14BrClN2/c15-11-7-10(8-12(16)9-11)14-17-5-6-18(14)13-3-1-2-4-13/h5-9,13H,1-4H2. The van der Waals surface area contributed by atoms with Crippen molar-refractivity contribution in [3.8, 4) is 11.4 Å². The van der Waals surface area contributed by atoms with Gasteiger partial charge in [-0.2, -0.15) is 0 Å². The van der Waals surface area contributed by atoms with Crippen molar-refractivity contribution in [1.29, 1.82) is 0 Å². The van der Waals surface area contributed by atoms with Crippen LogP contribution in [0.1, 0.15) is 31.7 Å². The van der Waals surface area contributed by atoms with E-state index >= 15 is 0 Å². The van der Waals surface area contributed by atoms with Crippen LogP contribution in [0, 0.1) is 0 Å². The van der Waals surface area contributed by atoms with Crippen molar-refractivity contribution >= 4 is 27.5 Å². The Balaban J connectivity index is 2.03. The molecule has 0 radical (unpaired) electrons. The summed E-state index contributed by atoms with van der Waals surface area (Å²) in [5.41, 5.74) is 1.08. The van der Waals surface area contributed by atoms with Crippen molar-refractivity contribution in [2.24, 2.45) is 0 Å². The fourth-order valence-electron chi connectivity index (χ4n) is 2.70. The molecule has 0 N–H and O–H groups in total. The van der Waals surface area contributed by atoms with Crippen molar-refractivity contribution in [3.05, 3.63) is 40.1 Å². The molecule has 1 fully saturated rings. The smallest absolute Gasteiger partial charge is 0.140 e. The van der Waals surface area contributed by atoms with Gasteiger partial charge in [0.25, 0.3) is 0 Å². The zero-order valence-electron chi connectivity index (χ0n) is 9.94. The number of nitrogens with zero attached hydrogens (tertiary/aromatic N) is 2. The van der Waals surface area contributed by atoms with E-state index in [2.05, 4.69) is 37.7 Å². The summed E-state index contributed by atoms with van der Waals surface area (Å²) < 4.78 is 3.29. The second kappa shape index (κ2) is 5.06. The monoisotopic (exact) mass is 324 g/mol. The number of hydrogen-bond donors (Lipinski definition) is 0. The Morgan fingerprint density at radius 3 is 2.72 bits per heavy atom. The highest BCUT2D eigenvalue weighted by Crippen LogP contribution is 2.34. The molecule has 0 aliphatic heterocycles. The lowest BCUT2D eigenvalue weighted by atomic mass is 10.2. The summed E-state index contributed by atoms with van der Waals surface area (Å²) >= 11 is 9.60. The Labute approximate surface area is 120 Å². The fourth-order valence-corrected chi connectivity index (χ4v) is 3.56. The Hall–Kier alpha value is -0.800. The van der Waals surface area contributed by atoms with Crippen LogP contribution in [0.25, 0.3) is 11.4 Å². The summed E-state index contributed by atoms with van der Waals surface area (Å²) in [4.78, 5) is 4.50. The second-order valence-electron chi connectivity index (χ2n) is 4.75. The van der Waals surface area contributed by atoms with E-state index in [-0.39, 0.29) is 0 Å². The third-order valence-electron chi connectivity index (χ3n) is 3.51. The highest BCUT2D eigenvalue weighted by molar-refractivity contribution is 9.10. The van der Waals surface area contributed by atoms with Gasteiger partial charge in [-0.15, -0.1) is 0 Å². The van der Waals surface area contributed by atoms with Crippen LogP contribution in [0.3, 0.4) is 0 Å². The minimum Gasteiger partial charge on any atom is -0.328 e. The third kappa shape index (κ3) is 2.34. The van der Waals surface area contributed by atoms with Crippen molar-refractivity contribution in [1.82, 2.24) is 9.55 Å². The maximum absolute atomic E-state index is 6.11. The minimum atomic E-state index is 0.597. The second-order valence-corrected chi connectivity index (χ2v) is 6.11. The summed E-state index contributed by atoms with van der Waals surface area (Å²) in [5, 5.41) is 0.736. The van der Waals surface area contributed by atoms with Crippen LogP contribution in [0.4, 0.5) is 0 Å². The Kier molecular flexibility index (Phi) is 3.44. The van der Waals surface area contributed by atoms with Crippen LogP contribution >= 0.6 is 27.5 Å². The molecule has 0 bridgehead atoms. The molecule has 1 aromatic carbocycles. The SMILES string of the molecule is Clc1cc(Br)cc(-c2nccn2C2CCCC2)c1. The maximum atomic E-state index is 6.11. The third-order valence-corrected chi connectivity index (χ3v) is 4.18. The first-order valence-electron chi connectivity index (χ1n) is 6.23. The lowest BCUT2D eigenvalue weighted by Gasteiger charge is -2.15. The molecule has 1 aromatic heterocycles. The zero-order chi connectivity index (χ0) is 12.5. The number of hydrogen-bond acceptors (Lipinski definition) is 1. The molecular formula is C14H14BrClN2. The van der Waals surface area contributed by atoms with Crippen LogP contribution in [-0.4, -0.2) is 9.55 Å². The van der Waals surface area contributed by atoms with Gasteiger partial charge in [0, 0.05) is 33.5 Å². The van der Waals surface area contributed by atoms with Crippen LogP contribution in [-0.2, 0) is 0 Å². The van der Waals surface area contributed by atoms with E-state index < -0.39 is 0 Å². The van der Waals surface area contributed by atoms with Gasteiger partial charge >= 0.3 is 0 Å². The topological polar surface area (TPSA) is 17.8 Å². The summed E-state index contributed by atoms with van der Waals surface area (Å²) in [6.45, 7) is 0. The van der Waals surface area contributed by atoms with E-state index in [1.807, 2.05) is 18.3 Å². The van der Waals surface area contributed by atoms with Crippen molar-refractivity contribution in [3.63, 3.8) is 0 Å². The van der Waals surface area contributed by atoms with Gasteiger partial charge in [0.15, 0.2) is 0 Å². The number of halogens is 2. The molecular weight excluding hydrogens is 312 g/mol. The normalized spacial score (nSPS) is 16.3. The molecule has 1 aliphatic rings. The molecule has 2 nitrogen and oxygen atoms in total. The fraction of sp³-hybridized carbons (Fsp3) is 0.357. The number of imidazole rings is 1. The van der Waals surface area contributed by atoms with E-state index in [9.17, 15) is 0 Å². The van der Waals surface area contributed by atoms with E-state index in [0.717, 1.165) is 20.9 Å². The Morgan fingerprint density at radius 2 is 2.00 bits per heavy atom. The Morgan fingerprint density at radius 1 is 1.22 bits per heavy atom. The predicted octanol–water partition coefficient (Wildman–Crippen LogP) is 5.08. The molecule has 1 saturated carbocycles. The highest BCUT2D eigenvalue weighted by Gasteiger charge is 2.20. The average molecular weight is 326 g/mol. The number of rotatable bonds is 2. The lowest BCUT2D eigenvalue weighted by molar-refractivity contribution is 0.523. The molecule has 1 heterocycles. The molecule has 0 unspecified atom stereocenters. The van der Waals surface area contributed by atoms with Gasteiger partial charge in [0.1, 0.15) is 5.82 Å². The lowest BCUT2D eigenvalue weighted by Crippen LogP contribution is -2.05. The van der Waals surface area contributed by atoms with Crippen molar-refractivity contribution in [2.75, 3.05) is 0 Å². The molecule has 0 saturated heterocycles. The minimum absolute atomic E-state index is 0.597. The summed E-state index contributed by atoms with van der Waals surface area (Å²) in [5.74, 6) is 1.02. The predicted molar refractivity (Wildman–Crippen MR) is 77.9 cm³/mol. The first kappa shape index (κ1) is 12.2.